The molecule has 0 amide bonds. The molecule has 0 aromatic rings. The summed E-state index contributed by atoms with van der Waals surface area (Å²) in [6.07, 6.45) is 17.9. The summed E-state index contributed by atoms with van der Waals surface area (Å²) in [5.41, 5.74) is 0. The third-order valence-electron chi connectivity index (χ3n) is 2.82. The molecule has 0 saturated heterocycles. The van der Waals surface area contributed by atoms with Gasteiger partial charge in [0.2, 0.25) is 0 Å². The van der Waals surface area contributed by atoms with Crippen LogP contribution in [0.2, 0.25) is 0 Å². The van der Waals surface area contributed by atoms with Crippen LogP contribution in [0.1, 0.15) is 71.6 Å². The SMILES string of the molecule is CC/C=C/CCOC(=O)CCCCC/C=C/CCC. The van der Waals surface area contributed by atoms with Gasteiger partial charge in [-0.1, -0.05) is 51.0 Å². The van der Waals surface area contributed by atoms with Gasteiger partial charge in [-0.2, -0.15) is 0 Å². The molecule has 0 saturated carbocycles. The molecule has 0 heterocycles. The van der Waals surface area contributed by atoms with Gasteiger partial charge in [0, 0.05) is 6.42 Å². The first-order chi connectivity index (χ1) is 9.31. The van der Waals surface area contributed by atoms with Crippen LogP contribution in [-0.2, 0) is 9.53 Å². The van der Waals surface area contributed by atoms with Gasteiger partial charge in [0.1, 0.15) is 0 Å². The first-order valence-corrected chi connectivity index (χ1v) is 7.76. The molecule has 0 aliphatic heterocycles. The number of hydrogen-bond acceptors (Lipinski definition) is 2. The Morgan fingerprint density at radius 1 is 0.895 bits per heavy atom. The van der Waals surface area contributed by atoms with Crippen molar-refractivity contribution in [2.45, 2.75) is 71.6 Å². The summed E-state index contributed by atoms with van der Waals surface area (Å²) in [5, 5.41) is 0. The lowest BCUT2D eigenvalue weighted by Crippen LogP contribution is -2.04. The van der Waals surface area contributed by atoms with Crippen LogP contribution in [0.4, 0.5) is 0 Å². The van der Waals surface area contributed by atoms with Crippen LogP contribution in [0.3, 0.4) is 0 Å². The van der Waals surface area contributed by atoms with Crippen LogP contribution in [0.5, 0.6) is 0 Å². The van der Waals surface area contributed by atoms with Crippen molar-refractivity contribution < 1.29 is 9.53 Å². The largest absolute Gasteiger partial charge is 0.465 e. The molecular formula is C17H30O2. The van der Waals surface area contributed by atoms with Crippen LogP contribution < -0.4 is 0 Å². The van der Waals surface area contributed by atoms with Crippen molar-refractivity contribution in [1.29, 1.82) is 0 Å². The van der Waals surface area contributed by atoms with Crippen molar-refractivity contribution in [2.24, 2.45) is 0 Å². The fourth-order valence-electron chi connectivity index (χ4n) is 1.71. The van der Waals surface area contributed by atoms with Gasteiger partial charge in [-0.05, 0) is 38.5 Å². The maximum atomic E-state index is 11.4. The van der Waals surface area contributed by atoms with Crippen LogP contribution >= 0.6 is 0 Å². The van der Waals surface area contributed by atoms with Gasteiger partial charge in [0.15, 0.2) is 0 Å². The van der Waals surface area contributed by atoms with E-state index in [0.29, 0.717) is 13.0 Å². The van der Waals surface area contributed by atoms with Gasteiger partial charge in [-0.25, -0.2) is 0 Å². The summed E-state index contributed by atoms with van der Waals surface area (Å²) in [5.74, 6) is -0.0496. The first kappa shape index (κ1) is 17.9. The fourth-order valence-corrected chi connectivity index (χ4v) is 1.71. The number of rotatable bonds is 12. The van der Waals surface area contributed by atoms with E-state index in [4.69, 9.17) is 4.74 Å². The van der Waals surface area contributed by atoms with E-state index in [1.807, 2.05) is 0 Å². The van der Waals surface area contributed by atoms with E-state index in [2.05, 4.69) is 38.2 Å². The minimum atomic E-state index is -0.0496. The molecule has 0 atom stereocenters. The number of unbranched alkanes of at least 4 members (excludes halogenated alkanes) is 4. The highest BCUT2D eigenvalue weighted by molar-refractivity contribution is 5.69. The fraction of sp³-hybridized carbons (Fsp3) is 0.706. The Hall–Kier alpha value is -1.05. The third kappa shape index (κ3) is 14.9. The molecule has 0 bridgehead atoms. The Labute approximate surface area is 118 Å². The maximum absolute atomic E-state index is 11.4. The molecule has 0 rings (SSSR count). The minimum Gasteiger partial charge on any atom is -0.465 e. The number of esters is 1. The third-order valence-corrected chi connectivity index (χ3v) is 2.82. The molecule has 0 aromatic carbocycles. The van der Waals surface area contributed by atoms with Crippen molar-refractivity contribution >= 4 is 5.97 Å². The topological polar surface area (TPSA) is 26.3 Å². The van der Waals surface area contributed by atoms with Crippen molar-refractivity contribution in [3.05, 3.63) is 24.3 Å². The van der Waals surface area contributed by atoms with E-state index < -0.39 is 0 Å². The summed E-state index contributed by atoms with van der Waals surface area (Å²) in [6.45, 7) is 4.81. The second-order valence-corrected chi connectivity index (χ2v) is 4.75. The van der Waals surface area contributed by atoms with Gasteiger partial charge in [0.05, 0.1) is 6.61 Å². The quantitative estimate of drug-likeness (QED) is 0.276. The Morgan fingerprint density at radius 2 is 1.63 bits per heavy atom. The van der Waals surface area contributed by atoms with E-state index in [1.54, 1.807) is 0 Å². The van der Waals surface area contributed by atoms with Gasteiger partial charge in [-0.15, -0.1) is 0 Å². The zero-order chi connectivity index (χ0) is 14.2. The normalized spacial score (nSPS) is 11.5. The van der Waals surface area contributed by atoms with Crippen molar-refractivity contribution in [2.75, 3.05) is 6.61 Å². The number of allylic oxidation sites excluding steroid dienone is 3. The summed E-state index contributed by atoms with van der Waals surface area (Å²) < 4.78 is 5.14. The molecule has 0 fully saturated rings. The number of carbonyl (C=O) groups is 1. The molecule has 0 unspecified atom stereocenters. The molecule has 0 aliphatic carbocycles. The van der Waals surface area contributed by atoms with Crippen LogP contribution in [-0.4, -0.2) is 12.6 Å². The maximum Gasteiger partial charge on any atom is 0.305 e. The smallest absolute Gasteiger partial charge is 0.305 e. The summed E-state index contributed by atoms with van der Waals surface area (Å²) >= 11 is 0. The van der Waals surface area contributed by atoms with Crippen molar-refractivity contribution in [1.82, 2.24) is 0 Å². The molecule has 0 aromatic heterocycles. The van der Waals surface area contributed by atoms with Crippen molar-refractivity contribution in [3.63, 3.8) is 0 Å². The van der Waals surface area contributed by atoms with Crippen LogP contribution in [0.25, 0.3) is 0 Å². The molecule has 0 spiro atoms. The second-order valence-electron chi connectivity index (χ2n) is 4.75. The van der Waals surface area contributed by atoms with Gasteiger partial charge < -0.3 is 4.74 Å². The van der Waals surface area contributed by atoms with E-state index in [9.17, 15) is 4.79 Å². The standard InChI is InChI=1S/C17H30O2/c1-3-5-7-9-10-11-12-13-15-17(18)19-16-14-8-6-4-2/h6-9H,3-5,10-16H2,1-2H3/b8-6+,9-7+. The first-order valence-electron chi connectivity index (χ1n) is 7.76. The lowest BCUT2D eigenvalue weighted by molar-refractivity contribution is -0.143. The number of carbonyl (C=O) groups excluding carboxylic acids is 1. The molecule has 0 N–H and O–H groups in total. The van der Waals surface area contributed by atoms with Gasteiger partial charge in [0.25, 0.3) is 0 Å². The Kier molecular flexibility index (Phi) is 14.2. The van der Waals surface area contributed by atoms with Gasteiger partial charge >= 0.3 is 5.97 Å². The molecule has 19 heavy (non-hydrogen) atoms. The van der Waals surface area contributed by atoms with E-state index in [0.717, 1.165) is 32.1 Å². The second kappa shape index (κ2) is 15.0. The predicted octanol–water partition coefficient (Wildman–Crippen LogP) is 5.19. The van der Waals surface area contributed by atoms with Crippen LogP contribution in [0.15, 0.2) is 24.3 Å². The monoisotopic (exact) mass is 266 g/mol. The zero-order valence-corrected chi connectivity index (χ0v) is 12.7. The molecule has 2 nitrogen and oxygen atoms in total. The zero-order valence-electron chi connectivity index (χ0n) is 12.7. The lowest BCUT2D eigenvalue weighted by atomic mass is 10.1. The average Bonchev–Trinajstić information content (AvgIpc) is 2.41. The Morgan fingerprint density at radius 3 is 2.37 bits per heavy atom. The van der Waals surface area contributed by atoms with E-state index >= 15 is 0 Å². The van der Waals surface area contributed by atoms with Gasteiger partial charge in [-0.3, -0.25) is 4.79 Å². The highest BCUT2D eigenvalue weighted by atomic mass is 16.5. The predicted molar refractivity (Wildman–Crippen MR) is 82.1 cm³/mol. The highest BCUT2D eigenvalue weighted by Gasteiger charge is 2.00. The number of ether oxygens (including phenoxy) is 1. The molecular weight excluding hydrogens is 236 g/mol. The molecule has 2 heteroatoms. The van der Waals surface area contributed by atoms with Crippen LogP contribution in [0, 0.1) is 0 Å². The summed E-state index contributed by atoms with van der Waals surface area (Å²) in [6, 6.07) is 0. The molecule has 0 aliphatic rings. The average molecular weight is 266 g/mol. The molecule has 110 valence electrons. The van der Waals surface area contributed by atoms with E-state index in [-0.39, 0.29) is 5.97 Å². The number of hydrogen-bond donors (Lipinski definition) is 0. The summed E-state index contributed by atoms with van der Waals surface area (Å²) in [7, 11) is 0. The highest BCUT2D eigenvalue weighted by Crippen LogP contribution is 2.05. The van der Waals surface area contributed by atoms with Crippen molar-refractivity contribution in [3.8, 4) is 0 Å². The minimum absolute atomic E-state index is 0.0496. The summed E-state index contributed by atoms with van der Waals surface area (Å²) in [4.78, 5) is 11.4. The molecule has 0 radical (unpaired) electrons. The lowest BCUT2D eigenvalue weighted by Gasteiger charge is -2.02. The Bertz CT molecular complexity index is 254. The Balaban J connectivity index is 3.27. The van der Waals surface area contributed by atoms with E-state index in [1.165, 1.54) is 19.3 Å².